The smallest absolute Gasteiger partial charge is 0.168 e. The SMILES string of the molecule is Cc1ccc(Nc2ncnc3c2cnn3-c2ccc(C)c(Cl)c2)c(C)c1. The molecular formula is C20H18ClN5. The number of benzene rings is 2. The van der Waals surface area contributed by atoms with Crippen molar-refractivity contribution in [3.63, 3.8) is 0 Å². The van der Waals surface area contributed by atoms with Crippen LogP contribution in [0.15, 0.2) is 48.9 Å². The molecule has 1 N–H and O–H groups in total. The summed E-state index contributed by atoms with van der Waals surface area (Å²) in [4.78, 5) is 8.82. The fraction of sp³-hybridized carbons (Fsp3) is 0.150. The molecule has 0 saturated heterocycles. The number of anilines is 2. The van der Waals surface area contributed by atoms with Gasteiger partial charge in [0.25, 0.3) is 0 Å². The summed E-state index contributed by atoms with van der Waals surface area (Å²) in [5.41, 5.74) is 6.03. The number of aromatic nitrogens is 4. The first-order valence-electron chi connectivity index (χ1n) is 8.32. The van der Waals surface area contributed by atoms with Gasteiger partial charge >= 0.3 is 0 Å². The molecular weight excluding hydrogens is 346 g/mol. The van der Waals surface area contributed by atoms with Gasteiger partial charge in [-0.1, -0.05) is 35.4 Å². The Balaban J connectivity index is 1.78. The number of nitrogens with one attached hydrogen (secondary N) is 1. The second kappa shape index (κ2) is 6.42. The molecule has 6 heteroatoms. The Morgan fingerprint density at radius 2 is 1.81 bits per heavy atom. The lowest BCUT2D eigenvalue weighted by molar-refractivity contribution is 0.894. The molecule has 0 spiro atoms. The number of hydrogen-bond acceptors (Lipinski definition) is 4. The van der Waals surface area contributed by atoms with Crippen LogP contribution in [0.4, 0.5) is 11.5 Å². The summed E-state index contributed by atoms with van der Waals surface area (Å²) in [7, 11) is 0. The van der Waals surface area contributed by atoms with Crippen LogP contribution in [0, 0.1) is 20.8 Å². The zero-order valence-electron chi connectivity index (χ0n) is 14.8. The zero-order chi connectivity index (χ0) is 18.3. The summed E-state index contributed by atoms with van der Waals surface area (Å²) in [6.45, 7) is 6.13. The van der Waals surface area contributed by atoms with E-state index in [1.807, 2.05) is 25.1 Å². The average Bonchev–Trinajstić information content (AvgIpc) is 3.05. The Hall–Kier alpha value is -2.92. The molecule has 130 valence electrons. The highest BCUT2D eigenvalue weighted by Crippen LogP contribution is 2.27. The number of halogens is 1. The molecule has 2 heterocycles. The van der Waals surface area contributed by atoms with Crippen molar-refractivity contribution in [3.05, 3.63) is 70.6 Å². The van der Waals surface area contributed by atoms with E-state index in [0.29, 0.717) is 5.02 Å². The molecule has 2 aromatic carbocycles. The van der Waals surface area contributed by atoms with E-state index in [-0.39, 0.29) is 0 Å². The molecule has 0 atom stereocenters. The lowest BCUT2D eigenvalue weighted by atomic mass is 10.1. The topological polar surface area (TPSA) is 55.6 Å². The number of nitrogens with zero attached hydrogens (tertiary/aromatic N) is 4. The van der Waals surface area contributed by atoms with E-state index in [0.717, 1.165) is 39.4 Å². The third kappa shape index (κ3) is 2.91. The first-order valence-corrected chi connectivity index (χ1v) is 8.70. The number of fused-ring (bicyclic) bond motifs is 1. The van der Waals surface area contributed by atoms with Crippen molar-refractivity contribution in [1.82, 2.24) is 19.7 Å². The van der Waals surface area contributed by atoms with Crippen LogP contribution in [0.5, 0.6) is 0 Å². The maximum absolute atomic E-state index is 6.26. The van der Waals surface area contributed by atoms with Gasteiger partial charge in [-0.3, -0.25) is 0 Å². The van der Waals surface area contributed by atoms with E-state index in [1.54, 1.807) is 17.2 Å². The van der Waals surface area contributed by atoms with Crippen LogP contribution in [-0.4, -0.2) is 19.7 Å². The van der Waals surface area contributed by atoms with E-state index in [4.69, 9.17) is 11.6 Å². The molecule has 0 aliphatic heterocycles. The Bertz CT molecular complexity index is 1120. The van der Waals surface area contributed by atoms with Crippen LogP contribution in [0.2, 0.25) is 5.02 Å². The summed E-state index contributed by atoms with van der Waals surface area (Å²) in [5.74, 6) is 0.728. The van der Waals surface area contributed by atoms with Gasteiger partial charge in [0.05, 0.1) is 17.3 Å². The van der Waals surface area contributed by atoms with Gasteiger partial charge in [-0.25, -0.2) is 14.6 Å². The van der Waals surface area contributed by atoms with Crippen LogP contribution in [0.25, 0.3) is 16.7 Å². The Kier molecular flexibility index (Phi) is 4.09. The van der Waals surface area contributed by atoms with Gasteiger partial charge < -0.3 is 5.32 Å². The molecule has 0 amide bonds. The van der Waals surface area contributed by atoms with Gasteiger partial charge in [0, 0.05) is 10.7 Å². The summed E-state index contributed by atoms with van der Waals surface area (Å²) in [5, 5.41) is 9.44. The highest BCUT2D eigenvalue weighted by molar-refractivity contribution is 6.31. The first kappa shape index (κ1) is 16.5. The van der Waals surface area contributed by atoms with Gasteiger partial charge in [-0.05, 0) is 50.1 Å². The van der Waals surface area contributed by atoms with Crippen molar-refractivity contribution < 1.29 is 0 Å². The van der Waals surface area contributed by atoms with Crippen molar-refractivity contribution >= 4 is 34.1 Å². The van der Waals surface area contributed by atoms with E-state index < -0.39 is 0 Å². The summed E-state index contributed by atoms with van der Waals surface area (Å²) in [6, 6.07) is 12.1. The first-order chi connectivity index (χ1) is 12.5. The summed E-state index contributed by atoms with van der Waals surface area (Å²) >= 11 is 6.26. The highest BCUT2D eigenvalue weighted by atomic mass is 35.5. The van der Waals surface area contributed by atoms with Gasteiger partial charge in [0.1, 0.15) is 12.1 Å². The fourth-order valence-corrected chi connectivity index (χ4v) is 3.10. The number of hydrogen-bond donors (Lipinski definition) is 1. The van der Waals surface area contributed by atoms with Crippen LogP contribution in [0.1, 0.15) is 16.7 Å². The fourth-order valence-electron chi connectivity index (χ4n) is 2.93. The van der Waals surface area contributed by atoms with Crippen molar-refractivity contribution in [2.75, 3.05) is 5.32 Å². The molecule has 4 rings (SSSR count). The van der Waals surface area contributed by atoms with E-state index in [2.05, 4.69) is 52.4 Å². The van der Waals surface area contributed by atoms with Gasteiger partial charge in [-0.15, -0.1) is 0 Å². The molecule has 5 nitrogen and oxygen atoms in total. The van der Waals surface area contributed by atoms with Crippen molar-refractivity contribution in [3.8, 4) is 5.69 Å². The molecule has 0 aliphatic carbocycles. The molecule has 0 fully saturated rings. The van der Waals surface area contributed by atoms with Gasteiger partial charge in [0.2, 0.25) is 0 Å². The molecule has 4 aromatic rings. The Morgan fingerprint density at radius 1 is 0.962 bits per heavy atom. The lowest BCUT2D eigenvalue weighted by Crippen LogP contribution is -2.00. The van der Waals surface area contributed by atoms with Crippen molar-refractivity contribution in [2.24, 2.45) is 0 Å². The van der Waals surface area contributed by atoms with E-state index >= 15 is 0 Å². The second-order valence-corrected chi connectivity index (χ2v) is 6.80. The van der Waals surface area contributed by atoms with Gasteiger partial charge in [-0.2, -0.15) is 5.10 Å². The predicted octanol–water partition coefficient (Wildman–Crippen LogP) is 5.14. The maximum Gasteiger partial charge on any atom is 0.168 e. The average molecular weight is 364 g/mol. The molecule has 0 unspecified atom stereocenters. The van der Waals surface area contributed by atoms with Crippen molar-refractivity contribution in [1.29, 1.82) is 0 Å². The third-order valence-corrected chi connectivity index (χ3v) is 4.81. The largest absolute Gasteiger partial charge is 0.339 e. The van der Waals surface area contributed by atoms with Crippen LogP contribution >= 0.6 is 11.6 Å². The van der Waals surface area contributed by atoms with E-state index in [1.165, 1.54) is 5.56 Å². The Morgan fingerprint density at radius 3 is 2.58 bits per heavy atom. The second-order valence-electron chi connectivity index (χ2n) is 6.39. The molecule has 0 aliphatic rings. The quantitative estimate of drug-likeness (QED) is 0.547. The summed E-state index contributed by atoms with van der Waals surface area (Å²) in [6.07, 6.45) is 3.32. The Labute approximate surface area is 156 Å². The molecule has 2 aromatic heterocycles. The summed E-state index contributed by atoms with van der Waals surface area (Å²) < 4.78 is 1.77. The van der Waals surface area contributed by atoms with Crippen LogP contribution < -0.4 is 5.32 Å². The molecule has 0 bridgehead atoms. The van der Waals surface area contributed by atoms with Crippen molar-refractivity contribution in [2.45, 2.75) is 20.8 Å². The standard InChI is InChI=1S/C20H18ClN5/c1-12-4-7-18(14(3)8-12)25-19-16-10-24-26(20(16)23-11-22-19)15-6-5-13(2)17(21)9-15/h4-11H,1-3H3,(H,22,23,25). The molecule has 0 saturated carbocycles. The molecule has 26 heavy (non-hydrogen) atoms. The molecule has 0 radical (unpaired) electrons. The van der Waals surface area contributed by atoms with Crippen LogP contribution in [-0.2, 0) is 0 Å². The number of rotatable bonds is 3. The van der Waals surface area contributed by atoms with Crippen LogP contribution in [0.3, 0.4) is 0 Å². The number of aryl methyl sites for hydroxylation is 3. The third-order valence-electron chi connectivity index (χ3n) is 4.40. The maximum atomic E-state index is 6.26. The van der Waals surface area contributed by atoms with Gasteiger partial charge in [0.15, 0.2) is 5.65 Å². The highest BCUT2D eigenvalue weighted by Gasteiger charge is 2.12. The minimum atomic E-state index is 0.703. The minimum absolute atomic E-state index is 0.703. The lowest BCUT2D eigenvalue weighted by Gasteiger charge is -2.10. The minimum Gasteiger partial charge on any atom is -0.339 e. The predicted molar refractivity (Wildman–Crippen MR) is 106 cm³/mol. The van der Waals surface area contributed by atoms with E-state index in [9.17, 15) is 0 Å². The monoisotopic (exact) mass is 363 g/mol. The normalized spacial score (nSPS) is 11.1. The zero-order valence-corrected chi connectivity index (χ0v) is 15.5.